The summed E-state index contributed by atoms with van der Waals surface area (Å²) >= 11 is 3.25. The Bertz CT molecular complexity index is 448. The smallest absolute Gasteiger partial charge is 0.332 e. The van der Waals surface area contributed by atoms with Crippen LogP contribution in [0.15, 0.2) is 53.2 Å². The zero-order valence-electron chi connectivity index (χ0n) is 8.66. The van der Waals surface area contributed by atoms with Gasteiger partial charge in [-0.05, 0) is 30.3 Å². The Morgan fingerprint density at radius 1 is 1.06 bits per heavy atom. The van der Waals surface area contributed by atoms with Gasteiger partial charge in [0.05, 0.1) is 0 Å². The molecule has 0 aromatic heterocycles. The highest BCUT2D eigenvalue weighted by molar-refractivity contribution is 9.10. The van der Waals surface area contributed by atoms with Gasteiger partial charge >= 0.3 is 6.18 Å². The predicted octanol–water partition coefficient (Wildman–Crippen LogP) is 4.27. The lowest BCUT2D eigenvalue weighted by Gasteiger charge is -2.31. The van der Waals surface area contributed by atoms with Crippen LogP contribution < -0.4 is 4.90 Å². The lowest BCUT2D eigenvalue weighted by Crippen LogP contribution is -2.42. The topological polar surface area (TPSA) is 3.24 Å². The summed E-state index contributed by atoms with van der Waals surface area (Å²) in [6, 6.07) is 5.12. The zero-order chi connectivity index (χ0) is 12.5. The molecule has 1 unspecified atom stereocenters. The monoisotopic (exact) mass is 303 g/mol. The molecular weight excluding hydrogens is 295 g/mol. The third-order valence-electron chi connectivity index (χ3n) is 2.41. The molecule has 1 nitrogen and oxygen atoms in total. The van der Waals surface area contributed by atoms with Crippen molar-refractivity contribution in [2.24, 2.45) is 0 Å². The minimum Gasteiger partial charge on any atom is -0.332 e. The standard InChI is InChI=1S/C12H9BrF3N/c13-9-4-6-10(7-5-9)17-8-2-1-3-11(17)12(14,15)16/h1-8,11H. The van der Waals surface area contributed by atoms with Gasteiger partial charge < -0.3 is 4.90 Å². The molecule has 0 fully saturated rings. The molecule has 1 aliphatic rings. The van der Waals surface area contributed by atoms with Crippen LogP contribution in [-0.2, 0) is 0 Å². The van der Waals surface area contributed by atoms with Gasteiger partial charge in [0.1, 0.15) is 6.04 Å². The molecule has 1 heterocycles. The van der Waals surface area contributed by atoms with Crippen molar-refractivity contribution in [3.63, 3.8) is 0 Å². The molecule has 0 radical (unpaired) electrons. The number of rotatable bonds is 1. The van der Waals surface area contributed by atoms with E-state index in [4.69, 9.17) is 0 Å². The molecule has 17 heavy (non-hydrogen) atoms. The molecule has 1 aromatic carbocycles. The van der Waals surface area contributed by atoms with Gasteiger partial charge in [-0.2, -0.15) is 13.2 Å². The quantitative estimate of drug-likeness (QED) is 0.749. The third-order valence-corrected chi connectivity index (χ3v) is 2.94. The van der Waals surface area contributed by atoms with Crippen molar-refractivity contribution >= 4 is 21.6 Å². The number of benzene rings is 1. The lowest BCUT2D eigenvalue weighted by molar-refractivity contribution is -0.136. The second-order valence-corrected chi connectivity index (χ2v) is 4.51. The van der Waals surface area contributed by atoms with E-state index in [9.17, 15) is 13.2 Å². The highest BCUT2D eigenvalue weighted by Crippen LogP contribution is 2.32. The van der Waals surface area contributed by atoms with Crippen LogP contribution in [0, 0.1) is 0 Å². The van der Waals surface area contributed by atoms with Crippen molar-refractivity contribution in [2.75, 3.05) is 4.90 Å². The molecule has 0 saturated carbocycles. The Kier molecular flexibility index (Phi) is 3.28. The number of allylic oxidation sites excluding steroid dienone is 2. The summed E-state index contributed by atoms with van der Waals surface area (Å²) in [5.41, 5.74) is 0.510. The van der Waals surface area contributed by atoms with Gasteiger partial charge in [-0.3, -0.25) is 0 Å². The van der Waals surface area contributed by atoms with E-state index < -0.39 is 12.2 Å². The van der Waals surface area contributed by atoms with Crippen LogP contribution in [0.3, 0.4) is 0 Å². The second kappa shape index (κ2) is 4.56. The van der Waals surface area contributed by atoms with Crippen molar-refractivity contribution in [3.05, 3.63) is 53.2 Å². The molecular formula is C12H9BrF3N. The Morgan fingerprint density at radius 3 is 2.29 bits per heavy atom. The van der Waals surface area contributed by atoms with Crippen molar-refractivity contribution < 1.29 is 13.2 Å². The summed E-state index contributed by atoms with van der Waals surface area (Å²) in [5.74, 6) is 0. The fraction of sp³-hybridized carbons (Fsp3) is 0.167. The normalized spacial score (nSPS) is 19.8. The van der Waals surface area contributed by atoms with Gasteiger partial charge in [0, 0.05) is 16.4 Å². The average Bonchev–Trinajstić information content (AvgIpc) is 2.29. The second-order valence-electron chi connectivity index (χ2n) is 3.60. The number of nitrogens with zero attached hydrogens (tertiary/aromatic N) is 1. The van der Waals surface area contributed by atoms with Crippen LogP contribution in [-0.4, -0.2) is 12.2 Å². The van der Waals surface area contributed by atoms with Crippen molar-refractivity contribution in [1.82, 2.24) is 0 Å². The largest absolute Gasteiger partial charge is 0.412 e. The molecule has 0 aliphatic carbocycles. The molecule has 1 atom stereocenters. The maximum Gasteiger partial charge on any atom is 0.412 e. The first kappa shape index (κ1) is 12.2. The fourth-order valence-electron chi connectivity index (χ4n) is 1.62. The Labute approximate surface area is 105 Å². The number of hydrogen-bond acceptors (Lipinski definition) is 1. The van der Waals surface area contributed by atoms with Crippen LogP contribution in [0.25, 0.3) is 0 Å². The summed E-state index contributed by atoms with van der Waals surface area (Å²) in [7, 11) is 0. The first-order chi connectivity index (χ1) is 7.98. The summed E-state index contributed by atoms with van der Waals surface area (Å²) in [6.07, 6.45) is 1.29. The highest BCUT2D eigenvalue weighted by atomic mass is 79.9. The van der Waals surface area contributed by atoms with E-state index in [0.29, 0.717) is 5.69 Å². The van der Waals surface area contributed by atoms with Crippen LogP contribution >= 0.6 is 15.9 Å². The molecule has 0 spiro atoms. The molecule has 0 N–H and O–H groups in total. The van der Waals surface area contributed by atoms with Crippen LogP contribution in [0.1, 0.15) is 0 Å². The van der Waals surface area contributed by atoms with Gasteiger partial charge in [0.15, 0.2) is 0 Å². The van der Waals surface area contributed by atoms with Crippen molar-refractivity contribution in [1.29, 1.82) is 0 Å². The minimum atomic E-state index is -4.28. The predicted molar refractivity (Wildman–Crippen MR) is 64.7 cm³/mol. The number of hydrogen-bond donors (Lipinski definition) is 0. The van der Waals surface area contributed by atoms with E-state index in [0.717, 1.165) is 10.5 Å². The van der Waals surface area contributed by atoms with E-state index >= 15 is 0 Å². The first-order valence-electron chi connectivity index (χ1n) is 4.94. The van der Waals surface area contributed by atoms with Gasteiger partial charge in [0.2, 0.25) is 0 Å². The first-order valence-corrected chi connectivity index (χ1v) is 5.73. The Hall–Kier alpha value is -1.23. The van der Waals surface area contributed by atoms with Gasteiger partial charge in [0.25, 0.3) is 0 Å². The molecule has 1 aromatic rings. The highest BCUT2D eigenvalue weighted by Gasteiger charge is 2.42. The van der Waals surface area contributed by atoms with Gasteiger partial charge in [-0.15, -0.1) is 0 Å². The van der Waals surface area contributed by atoms with E-state index in [-0.39, 0.29) is 0 Å². The molecule has 0 saturated heterocycles. The Morgan fingerprint density at radius 2 is 1.71 bits per heavy atom. The van der Waals surface area contributed by atoms with E-state index in [2.05, 4.69) is 15.9 Å². The zero-order valence-corrected chi connectivity index (χ0v) is 10.2. The molecule has 90 valence electrons. The van der Waals surface area contributed by atoms with Crippen LogP contribution in [0.4, 0.5) is 18.9 Å². The summed E-state index contributed by atoms with van der Waals surface area (Å²) < 4.78 is 39.3. The maximum atomic E-state index is 12.8. The van der Waals surface area contributed by atoms with Gasteiger partial charge in [-0.25, -0.2) is 0 Å². The minimum absolute atomic E-state index is 0.510. The number of alkyl halides is 3. The molecule has 2 rings (SSSR count). The number of halogens is 4. The number of anilines is 1. The summed E-state index contributed by atoms with van der Waals surface area (Å²) in [4.78, 5) is 1.20. The summed E-state index contributed by atoms with van der Waals surface area (Å²) in [6.45, 7) is 0. The molecule has 0 amide bonds. The maximum absolute atomic E-state index is 12.8. The van der Waals surface area contributed by atoms with E-state index in [1.807, 2.05) is 0 Å². The van der Waals surface area contributed by atoms with Crippen molar-refractivity contribution in [3.8, 4) is 0 Å². The third kappa shape index (κ3) is 2.72. The van der Waals surface area contributed by atoms with Crippen LogP contribution in [0.5, 0.6) is 0 Å². The fourth-order valence-corrected chi connectivity index (χ4v) is 1.89. The Balaban J connectivity index is 2.33. The van der Waals surface area contributed by atoms with E-state index in [1.54, 1.807) is 30.3 Å². The average molecular weight is 304 g/mol. The van der Waals surface area contributed by atoms with Crippen molar-refractivity contribution in [2.45, 2.75) is 12.2 Å². The molecule has 5 heteroatoms. The molecule has 1 aliphatic heterocycles. The summed E-state index contributed by atoms with van der Waals surface area (Å²) in [5, 5.41) is 0. The van der Waals surface area contributed by atoms with E-state index in [1.165, 1.54) is 17.2 Å². The van der Waals surface area contributed by atoms with Gasteiger partial charge in [-0.1, -0.05) is 28.1 Å². The SMILES string of the molecule is FC(F)(F)C1C=CC=CN1c1ccc(Br)cc1. The molecule has 0 bridgehead atoms. The lowest BCUT2D eigenvalue weighted by atomic mass is 10.1. The van der Waals surface area contributed by atoms with Crippen LogP contribution in [0.2, 0.25) is 0 Å².